The van der Waals surface area contributed by atoms with E-state index in [2.05, 4.69) is 46.6 Å². The van der Waals surface area contributed by atoms with Crippen molar-refractivity contribution in [2.45, 2.75) is 12.8 Å². The summed E-state index contributed by atoms with van der Waals surface area (Å²) < 4.78 is 0. The monoisotopic (exact) mass is 250 g/mol. The molecule has 2 heteroatoms. The largest absolute Gasteiger partial charge is 0.278 e. The molecule has 19 heavy (non-hydrogen) atoms. The lowest BCUT2D eigenvalue weighted by molar-refractivity contribution is 1.00. The fourth-order valence-corrected chi connectivity index (χ4v) is 2.79. The van der Waals surface area contributed by atoms with Crippen molar-refractivity contribution in [1.29, 1.82) is 0 Å². The van der Waals surface area contributed by atoms with Crippen molar-refractivity contribution >= 4 is 5.57 Å². The number of nitrogens with one attached hydrogen (secondary N) is 1. The van der Waals surface area contributed by atoms with Gasteiger partial charge in [-0.25, -0.2) is 0 Å². The van der Waals surface area contributed by atoms with Gasteiger partial charge in [-0.15, -0.1) is 0 Å². The summed E-state index contributed by atoms with van der Waals surface area (Å²) in [6, 6.07) is 12.5. The Hall–Kier alpha value is -2.09. The van der Waals surface area contributed by atoms with Gasteiger partial charge < -0.3 is 0 Å². The molecule has 2 unspecified atom stereocenters. The molecule has 2 nitrogen and oxygen atoms in total. The molecule has 1 saturated carbocycles. The number of H-pyrrole nitrogens is 1. The zero-order chi connectivity index (χ0) is 12.7. The number of benzene rings is 1. The van der Waals surface area contributed by atoms with Crippen LogP contribution < -0.4 is 0 Å². The van der Waals surface area contributed by atoms with Gasteiger partial charge in [0.1, 0.15) is 0 Å². The number of allylic oxidation sites excluding steroid dienone is 4. The maximum absolute atomic E-state index is 4.44. The smallest absolute Gasteiger partial charge is 0.0927 e. The first kappa shape index (κ1) is 10.8. The molecule has 0 radical (unpaired) electrons. The molecule has 1 aromatic carbocycles. The Labute approximate surface area is 114 Å². The van der Waals surface area contributed by atoms with Crippen LogP contribution in [-0.4, -0.2) is 10.2 Å². The van der Waals surface area contributed by atoms with E-state index in [0.29, 0.717) is 0 Å². The van der Waals surface area contributed by atoms with Gasteiger partial charge in [0.2, 0.25) is 0 Å². The Morgan fingerprint density at radius 1 is 1.16 bits per heavy atom. The average molecular weight is 250 g/mol. The molecule has 0 amide bonds. The first-order chi connectivity index (χ1) is 9.40. The predicted octanol–water partition coefficient (Wildman–Crippen LogP) is 4.30. The summed E-state index contributed by atoms with van der Waals surface area (Å²) in [5, 5.41) is 7.63. The highest BCUT2D eigenvalue weighted by molar-refractivity contribution is 5.70. The van der Waals surface area contributed by atoms with E-state index in [1.807, 2.05) is 18.2 Å². The second-order valence-electron chi connectivity index (χ2n) is 5.42. The predicted molar refractivity (Wildman–Crippen MR) is 79.5 cm³/mol. The summed E-state index contributed by atoms with van der Waals surface area (Å²) >= 11 is 0. The van der Waals surface area contributed by atoms with Crippen LogP contribution in [0.2, 0.25) is 0 Å². The second kappa shape index (κ2) is 4.23. The number of nitrogens with zero attached hydrogens (tertiary/aromatic N) is 1. The third kappa shape index (κ3) is 2.03. The lowest BCUT2D eigenvalue weighted by Crippen LogP contribution is -1.84. The molecule has 0 aliphatic heterocycles. The number of aromatic amines is 1. The summed E-state index contributed by atoms with van der Waals surface area (Å²) in [4.78, 5) is 0. The van der Waals surface area contributed by atoms with Crippen molar-refractivity contribution in [2.75, 3.05) is 0 Å². The van der Waals surface area contributed by atoms with E-state index in [9.17, 15) is 0 Å². The highest BCUT2D eigenvalue weighted by Gasteiger charge is 2.34. The Kier molecular flexibility index (Phi) is 2.41. The van der Waals surface area contributed by atoms with E-state index in [4.69, 9.17) is 0 Å². The molecule has 1 heterocycles. The average Bonchev–Trinajstić information content (AvgIpc) is 3.04. The lowest BCUT2D eigenvalue weighted by atomic mass is 10.1. The molecule has 0 saturated heterocycles. The molecule has 2 aliphatic carbocycles. The van der Waals surface area contributed by atoms with Crippen LogP contribution in [0.1, 0.15) is 20.0 Å². The van der Waals surface area contributed by atoms with Crippen LogP contribution in [0.5, 0.6) is 0 Å². The molecule has 0 spiro atoms. The normalized spacial score (nSPS) is 24.5. The molecule has 1 fully saturated rings. The highest BCUT2D eigenvalue weighted by Crippen LogP contribution is 2.44. The van der Waals surface area contributed by atoms with Crippen molar-refractivity contribution in [3.63, 3.8) is 0 Å². The number of rotatable bonds is 2. The summed E-state index contributed by atoms with van der Waals surface area (Å²) in [7, 11) is 0. The summed E-state index contributed by atoms with van der Waals surface area (Å²) in [5.74, 6) is 1.56. The van der Waals surface area contributed by atoms with E-state index < -0.39 is 0 Å². The molecule has 1 N–H and O–H groups in total. The second-order valence-corrected chi connectivity index (χ2v) is 5.42. The molecule has 4 rings (SSSR count). The zero-order valence-corrected chi connectivity index (χ0v) is 10.7. The van der Waals surface area contributed by atoms with Gasteiger partial charge in [0, 0.05) is 6.99 Å². The van der Waals surface area contributed by atoms with E-state index in [0.717, 1.165) is 29.6 Å². The molecular weight excluding hydrogens is 232 g/mol. The van der Waals surface area contributed by atoms with Gasteiger partial charge in [0.25, 0.3) is 0 Å². The van der Waals surface area contributed by atoms with Crippen LogP contribution in [0.15, 0.2) is 54.6 Å². The van der Waals surface area contributed by atoms with Gasteiger partial charge in [-0.05, 0) is 36.3 Å². The fourth-order valence-electron chi connectivity index (χ4n) is 2.79. The molecule has 0 bridgehead atoms. The minimum absolute atomic E-state index is 0. The van der Waals surface area contributed by atoms with Gasteiger partial charge in [0.05, 0.1) is 11.4 Å². The Balaban J connectivity index is 0.00000121. The third-order valence-electron chi connectivity index (χ3n) is 4.02. The van der Waals surface area contributed by atoms with Crippen molar-refractivity contribution in [2.24, 2.45) is 11.8 Å². The number of hydrogen-bond acceptors (Lipinski definition) is 1. The number of aromatic nitrogens is 2. The topological polar surface area (TPSA) is 28.7 Å². The zero-order valence-electron chi connectivity index (χ0n) is 10.7. The molecule has 2 atom stereocenters. The maximum Gasteiger partial charge on any atom is 0.0927 e. The quantitative estimate of drug-likeness (QED) is 0.791. The summed E-state index contributed by atoms with van der Waals surface area (Å²) in [5.41, 5.74) is 4.74. The SMILES string of the molecule is C1=CC2CC2C=C(c2cc(-c3ccccc3)n[nH]2)C1.[HH]. The molecule has 2 aliphatic rings. The Bertz CT molecular complexity index is 655. The number of hydrogen-bond donors (Lipinski definition) is 1. The molecule has 1 aromatic heterocycles. The van der Waals surface area contributed by atoms with Crippen LogP contribution >= 0.6 is 0 Å². The van der Waals surface area contributed by atoms with Gasteiger partial charge in [-0.3, -0.25) is 5.10 Å². The van der Waals surface area contributed by atoms with Crippen LogP contribution in [0.4, 0.5) is 0 Å². The Morgan fingerprint density at radius 3 is 2.95 bits per heavy atom. The molecular formula is C17H18N2. The van der Waals surface area contributed by atoms with Gasteiger partial charge in [-0.2, -0.15) is 5.10 Å². The summed E-state index contributed by atoms with van der Waals surface area (Å²) in [6.07, 6.45) is 9.42. The van der Waals surface area contributed by atoms with Crippen molar-refractivity contribution in [3.8, 4) is 11.3 Å². The Morgan fingerprint density at radius 2 is 2.05 bits per heavy atom. The van der Waals surface area contributed by atoms with Crippen LogP contribution in [0.25, 0.3) is 16.8 Å². The van der Waals surface area contributed by atoms with Gasteiger partial charge >= 0.3 is 0 Å². The standard InChI is InChI=1S/C17H16N2.H2/c1-2-5-12(6-3-1)16-11-17(19-18-16)14-8-4-7-13-9-15(13)10-14;/h1-7,10-11,13,15H,8-9H2,(H,18,19);1H. The first-order valence-electron chi connectivity index (χ1n) is 6.89. The lowest BCUT2D eigenvalue weighted by Gasteiger charge is -1.99. The van der Waals surface area contributed by atoms with E-state index in [1.54, 1.807) is 0 Å². The van der Waals surface area contributed by atoms with Crippen LogP contribution in [0, 0.1) is 11.8 Å². The highest BCUT2D eigenvalue weighted by atomic mass is 15.1. The van der Waals surface area contributed by atoms with Crippen molar-refractivity contribution < 1.29 is 1.43 Å². The van der Waals surface area contributed by atoms with Gasteiger partial charge in [-0.1, -0.05) is 48.6 Å². The van der Waals surface area contributed by atoms with E-state index >= 15 is 0 Å². The van der Waals surface area contributed by atoms with Crippen LogP contribution in [0.3, 0.4) is 0 Å². The fraction of sp³-hybridized carbons (Fsp3) is 0.235. The van der Waals surface area contributed by atoms with Crippen molar-refractivity contribution in [3.05, 3.63) is 60.3 Å². The molecule has 2 aromatic rings. The third-order valence-corrected chi connectivity index (χ3v) is 4.02. The number of fused-ring (bicyclic) bond motifs is 1. The van der Waals surface area contributed by atoms with Gasteiger partial charge in [0.15, 0.2) is 0 Å². The minimum Gasteiger partial charge on any atom is -0.278 e. The first-order valence-corrected chi connectivity index (χ1v) is 6.89. The van der Waals surface area contributed by atoms with E-state index in [-0.39, 0.29) is 1.43 Å². The summed E-state index contributed by atoms with van der Waals surface area (Å²) in [6.45, 7) is 0. The maximum atomic E-state index is 4.44. The van der Waals surface area contributed by atoms with Crippen molar-refractivity contribution in [1.82, 2.24) is 10.2 Å². The molecule has 96 valence electrons. The van der Waals surface area contributed by atoms with E-state index in [1.165, 1.54) is 17.6 Å². The van der Waals surface area contributed by atoms with Crippen LogP contribution in [-0.2, 0) is 0 Å². The minimum atomic E-state index is 0.